The third-order valence-electron chi connectivity index (χ3n) is 2.98. The molecular weight excluding hydrogens is 264 g/mol. The van der Waals surface area contributed by atoms with E-state index < -0.39 is 0 Å². The first-order valence-corrected chi connectivity index (χ1v) is 7.37. The van der Waals surface area contributed by atoms with Gasteiger partial charge >= 0.3 is 0 Å². The van der Waals surface area contributed by atoms with Gasteiger partial charge in [-0.25, -0.2) is 0 Å². The standard InChI is InChI=1S/C18H22O3/c1-3-19-18(20-4-2)14-15-9-8-12-17(13-15)21-16-10-6-5-7-11-16/h5-13,18H,3-4,14H2,1-2H3. The summed E-state index contributed by atoms with van der Waals surface area (Å²) in [7, 11) is 0. The third kappa shape index (κ3) is 5.21. The normalized spacial score (nSPS) is 10.8. The molecule has 21 heavy (non-hydrogen) atoms. The number of para-hydroxylation sites is 1. The second kappa shape index (κ2) is 8.45. The second-order valence-electron chi connectivity index (χ2n) is 4.61. The van der Waals surface area contributed by atoms with Gasteiger partial charge in [0.1, 0.15) is 11.5 Å². The summed E-state index contributed by atoms with van der Waals surface area (Å²) in [5.41, 5.74) is 1.13. The van der Waals surface area contributed by atoms with Gasteiger partial charge in [0, 0.05) is 19.6 Å². The van der Waals surface area contributed by atoms with Gasteiger partial charge in [-0.1, -0.05) is 30.3 Å². The molecule has 0 heterocycles. The molecule has 0 bridgehead atoms. The molecule has 2 aromatic rings. The molecule has 0 aliphatic heterocycles. The van der Waals surface area contributed by atoms with E-state index in [0.29, 0.717) is 19.6 Å². The largest absolute Gasteiger partial charge is 0.457 e. The molecule has 3 heteroatoms. The van der Waals surface area contributed by atoms with Crippen LogP contribution in [0.5, 0.6) is 11.5 Å². The molecule has 0 aromatic heterocycles. The predicted octanol–water partition coefficient (Wildman–Crippen LogP) is 4.42. The van der Waals surface area contributed by atoms with E-state index in [4.69, 9.17) is 14.2 Å². The summed E-state index contributed by atoms with van der Waals surface area (Å²) in [6, 6.07) is 17.8. The Morgan fingerprint density at radius 2 is 1.48 bits per heavy atom. The van der Waals surface area contributed by atoms with Gasteiger partial charge in [-0.05, 0) is 43.7 Å². The van der Waals surface area contributed by atoms with Gasteiger partial charge in [0.15, 0.2) is 6.29 Å². The summed E-state index contributed by atoms with van der Waals surface area (Å²) < 4.78 is 17.0. The van der Waals surface area contributed by atoms with Gasteiger partial charge in [0.2, 0.25) is 0 Å². The summed E-state index contributed by atoms with van der Waals surface area (Å²) in [6.07, 6.45) is 0.514. The molecule has 0 N–H and O–H groups in total. The highest BCUT2D eigenvalue weighted by Gasteiger charge is 2.09. The number of ether oxygens (including phenoxy) is 3. The molecule has 0 aliphatic rings. The fraction of sp³-hybridized carbons (Fsp3) is 0.333. The Balaban J connectivity index is 2.03. The maximum absolute atomic E-state index is 5.84. The molecule has 0 fully saturated rings. The number of hydrogen-bond donors (Lipinski definition) is 0. The van der Waals surface area contributed by atoms with Gasteiger partial charge in [-0.3, -0.25) is 0 Å². The number of hydrogen-bond acceptors (Lipinski definition) is 3. The third-order valence-corrected chi connectivity index (χ3v) is 2.98. The lowest BCUT2D eigenvalue weighted by molar-refractivity contribution is -0.134. The highest BCUT2D eigenvalue weighted by atomic mass is 16.7. The van der Waals surface area contributed by atoms with Crippen LogP contribution in [-0.2, 0) is 15.9 Å². The van der Waals surface area contributed by atoms with Crippen molar-refractivity contribution in [1.29, 1.82) is 0 Å². The van der Waals surface area contributed by atoms with Crippen molar-refractivity contribution in [2.45, 2.75) is 26.6 Å². The summed E-state index contributed by atoms with van der Waals surface area (Å²) >= 11 is 0. The van der Waals surface area contributed by atoms with Crippen LogP contribution in [0.2, 0.25) is 0 Å². The van der Waals surface area contributed by atoms with E-state index in [2.05, 4.69) is 6.07 Å². The smallest absolute Gasteiger partial charge is 0.161 e. The number of rotatable bonds is 8. The quantitative estimate of drug-likeness (QED) is 0.672. The first kappa shape index (κ1) is 15.5. The van der Waals surface area contributed by atoms with Gasteiger partial charge in [0.25, 0.3) is 0 Å². The first-order valence-electron chi connectivity index (χ1n) is 7.37. The molecule has 2 rings (SSSR count). The van der Waals surface area contributed by atoms with Crippen LogP contribution in [0.1, 0.15) is 19.4 Å². The van der Waals surface area contributed by atoms with Crippen molar-refractivity contribution in [1.82, 2.24) is 0 Å². The van der Waals surface area contributed by atoms with Gasteiger partial charge in [0.05, 0.1) is 0 Å². The van der Waals surface area contributed by atoms with Crippen LogP contribution < -0.4 is 4.74 Å². The lowest BCUT2D eigenvalue weighted by Gasteiger charge is -2.17. The van der Waals surface area contributed by atoms with Crippen LogP contribution in [0.3, 0.4) is 0 Å². The van der Waals surface area contributed by atoms with E-state index in [1.807, 2.05) is 62.4 Å². The lowest BCUT2D eigenvalue weighted by atomic mass is 10.1. The highest BCUT2D eigenvalue weighted by Crippen LogP contribution is 2.22. The maximum Gasteiger partial charge on any atom is 0.161 e. The Morgan fingerprint density at radius 1 is 0.810 bits per heavy atom. The Bertz CT molecular complexity index is 519. The van der Waals surface area contributed by atoms with E-state index in [-0.39, 0.29) is 6.29 Å². The van der Waals surface area contributed by atoms with E-state index >= 15 is 0 Å². The van der Waals surface area contributed by atoms with Crippen molar-refractivity contribution in [2.75, 3.05) is 13.2 Å². The molecule has 0 unspecified atom stereocenters. The molecule has 0 radical (unpaired) electrons. The van der Waals surface area contributed by atoms with Crippen LogP contribution in [0.4, 0.5) is 0 Å². The SMILES string of the molecule is CCOC(Cc1cccc(Oc2ccccc2)c1)OCC. The molecule has 2 aromatic carbocycles. The Labute approximate surface area is 126 Å². The highest BCUT2D eigenvalue weighted by molar-refractivity contribution is 5.34. The zero-order valence-electron chi connectivity index (χ0n) is 12.6. The van der Waals surface area contributed by atoms with Crippen LogP contribution in [0, 0.1) is 0 Å². The summed E-state index contributed by atoms with van der Waals surface area (Å²) in [5, 5.41) is 0. The van der Waals surface area contributed by atoms with Crippen molar-refractivity contribution in [3.05, 3.63) is 60.2 Å². The zero-order chi connectivity index (χ0) is 14.9. The van der Waals surface area contributed by atoms with E-state index in [9.17, 15) is 0 Å². The van der Waals surface area contributed by atoms with Crippen LogP contribution in [0.15, 0.2) is 54.6 Å². The van der Waals surface area contributed by atoms with Crippen molar-refractivity contribution in [2.24, 2.45) is 0 Å². The van der Waals surface area contributed by atoms with Crippen molar-refractivity contribution < 1.29 is 14.2 Å². The molecule has 0 amide bonds. The van der Waals surface area contributed by atoms with Crippen molar-refractivity contribution in [3.8, 4) is 11.5 Å². The van der Waals surface area contributed by atoms with Crippen molar-refractivity contribution in [3.63, 3.8) is 0 Å². The molecule has 0 aliphatic carbocycles. The lowest BCUT2D eigenvalue weighted by Crippen LogP contribution is -2.20. The molecule has 3 nitrogen and oxygen atoms in total. The Kier molecular flexibility index (Phi) is 6.25. The predicted molar refractivity (Wildman–Crippen MR) is 83.7 cm³/mol. The Morgan fingerprint density at radius 3 is 2.14 bits per heavy atom. The zero-order valence-corrected chi connectivity index (χ0v) is 12.6. The molecule has 0 saturated carbocycles. The van der Waals surface area contributed by atoms with Gasteiger partial charge in [-0.2, -0.15) is 0 Å². The number of benzene rings is 2. The molecule has 0 saturated heterocycles. The topological polar surface area (TPSA) is 27.7 Å². The summed E-state index contributed by atoms with van der Waals surface area (Å²) in [4.78, 5) is 0. The van der Waals surface area contributed by atoms with E-state index in [1.165, 1.54) is 0 Å². The summed E-state index contributed by atoms with van der Waals surface area (Å²) in [6.45, 7) is 5.23. The maximum atomic E-state index is 5.84. The monoisotopic (exact) mass is 286 g/mol. The summed E-state index contributed by atoms with van der Waals surface area (Å²) in [5.74, 6) is 1.66. The van der Waals surface area contributed by atoms with Crippen LogP contribution >= 0.6 is 0 Å². The average molecular weight is 286 g/mol. The van der Waals surface area contributed by atoms with E-state index in [1.54, 1.807) is 0 Å². The minimum atomic E-state index is -0.202. The van der Waals surface area contributed by atoms with E-state index in [0.717, 1.165) is 17.1 Å². The van der Waals surface area contributed by atoms with Crippen LogP contribution in [0.25, 0.3) is 0 Å². The minimum absolute atomic E-state index is 0.202. The van der Waals surface area contributed by atoms with Gasteiger partial charge < -0.3 is 14.2 Å². The average Bonchev–Trinajstić information content (AvgIpc) is 2.49. The van der Waals surface area contributed by atoms with Crippen LogP contribution in [-0.4, -0.2) is 19.5 Å². The molecule has 112 valence electrons. The molecule has 0 spiro atoms. The van der Waals surface area contributed by atoms with Gasteiger partial charge in [-0.15, -0.1) is 0 Å². The fourth-order valence-corrected chi connectivity index (χ4v) is 2.09. The second-order valence-corrected chi connectivity index (χ2v) is 4.61. The fourth-order valence-electron chi connectivity index (χ4n) is 2.09. The van der Waals surface area contributed by atoms with Crippen molar-refractivity contribution >= 4 is 0 Å². The Hall–Kier alpha value is -1.84. The first-order chi connectivity index (χ1) is 10.3. The molecular formula is C18H22O3. The molecule has 0 atom stereocenters. The minimum Gasteiger partial charge on any atom is -0.457 e.